The molecule has 152 valence electrons. The number of benzene rings is 2. The van der Waals surface area contributed by atoms with Crippen LogP contribution in [0.1, 0.15) is 28.2 Å². The van der Waals surface area contributed by atoms with Gasteiger partial charge in [-0.05, 0) is 38.5 Å². The Kier molecular flexibility index (Phi) is 5.75. The Bertz CT molecular complexity index is 1130. The summed E-state index contributed by atoms with van der Waals surface area (Å²) in [5, 5.41) is 12.2. The normalized spacial score (nSPS) is 10.9. The van der Waals surface area contributed by atoms with Crippen LogP contribution in [-0.2, 0) is 6.54 Å². The average Bonchev–Trinajstić information content (AvgIpc) is 3.35. The summed E-state index contributed by atoms with van der Waals surface area (Å²) in [7, 11) is 0. The fraction of sp³-hybridized carbons (Fsp3) is 0.208. The molecule has 30 heavy (non-hydrogen) atoms. The minimum atomic E-state index is -0.121. The van der Waals surface area contributed by atoms with E-state index in [0.717, 1.165) is 35.6 Å². The Morgan fingerprint density at radius 2 is 1.67 bits per heavy atom. The number of nitrogens with one attached hydrogen (secondary N) is 1. The molecule has 1 N–H and O–H groups in total. The van der Waals surface area contributed by atoms with Crippen LogP contribution in [0.3, 0.4) is 0 Å². The second-order valence-electron chi connectivity index (χ2n) is 7.30. The fourth-order valence-electron chi connectivity index (χ4n) is 3.49. The summed E-state index contributed by atoms with van der Waals surface area (Å²) in [6.45, 7) is 5.38. The number of hydrogen-bond acceptors (Lipinski definition) is 3. The molecule has 0 saturated heterocycles. The van der Waals surface area contributed by atoms with Gasteiger partial charge in [0.05, 0.1) is 16.9 Å². The summed E-state index contributed by atoms with van der Waals surface area (Å²) in [6, 6.07) is 21.7. The lowest BCUT2D eigenvalue weighted by molar-refractivity contribution is 0.0953. The molecule has 2 aromatic carbocycles. The average molecular weight is 399 g/mol. The molecule has 0 aliphatic rings. The molecule has 0 unspecified atom stereocenters. The van der Waals surface area contributed by atoms with Crippen molar-refractivity contribution in [2.45, 2.75) is 26.8 Å². The predicted molar refractivity (Wildman–Crippen MR) is 118 cm³/mol. The first kappa shape index (κ1) is 19.6. The molecule has 0 atom stereocenters. The molecule has 2 aromatic heterocycles. The van der Waals surface area contributed by atoms with Gasteiger partial charge in [0, 0.05) is 30.5 Å². The topological polar surface area (TPSA) is 64.7 Å². The lowest BCUT2D eigenvalue weighted by atomic mass is 10.1. The number of rotatable bonds is 7. The minimum absolute atomic E-state index is 0.121. The number of nitrogens with zero attached hydrogens (tertiary/aromatic N) is 4. The van der Waals surface area contributed by atoms with Crippen molar-refractivity contribution in [2.24, 2.45) is 0 Å². The van der Waals surface area contributed by atoms with Gasteiger partial charge in [-0.1, -0.05) is 48.5 Å². The number of carbonyl (C=O) groups excluding carboxylic acids is 1. The Morgan fingerprint density at radius 3 is 2.33 bits per heavy atom. The van der Waals surface area contributed by atoms with Gasteiger partial charge in [0.25, 0.3) is 5.91 Å². The molecule has 6 heteroatoms. The highest BCUT2D eigenvalue weighted by molar-refractivity contribution is 5.99. The van der Waals surface area contributed by atoms with E-state index in [1.165, 1.54) is 0 Å². The summed E-state index contributed by atoms with van der Waals surface area (Å²) in [5.74, 6) is -0.121. The number of carbonyl (C=O) groups is 1. The van der Waals surface area contributed by atoms with E-state index in [2.05, 4.69) is 16.5 Å². The van der Waals surface area contributed by atoms with Crippen LogP contribution >= 0.6 is 0 Å². The minimum Gasteiger partial charge on any atom is -0.352 e. The molecule has 4 aromatic rings. The third kappa shape index (κ3) is 4.33. The Labute approximate surface area is 176 Å². The number of amides is 1. The molecule has 4 rings (SSSR count). The van der Waals surface area contributed by atoms with Crippen LogP contribution in [0, 0.1) is 13.8 Å². The van der Waals surface area contributed by atoms with Gasteiger partial charge in [-0.2, -0.15) is 10.2 Å². The summed E-state index contributed by atoms with van der Waals surface area (Å²) in [5.41, 5.74) is 5.22. The zero-order valence-corrected chi connectivity index (χ0v) is 17.2. The molecule has 0 radical (unpaired) electrons. The zero-order chi connectivity index (χ0) is 20.9. The highest BCUT2D eigenvalue weighted by Crippen LogP contribution is 2.23. The van der Waals surface area contributed by atoms with E-state index in [1.54, 1.807) is 10.9 Å². The molecule has 0 spiro atoms. The molecule has 0 aliphatic heterocycles. The number of aromatic nitrogens is 4. The number of para-hydroxylation sites is 1. The molecule has 0 aliphatic carbocycles. The van der Waals surface area contributed by atoms with Crippen LogP contribution in [0.25, 0.3) is 16.9 Å². The van der Waals surface area contributed by atoms with Gasteiger partial charge in [0.2, 0.25) is 0 Å². The summed E-state index contributed by atoms with van der Waals surface area (Å²) < 4.78 is 3.73. The van der Waals surface area contributed by atoms with Crippen LogP contribution in [-0.4, -0.2) is 32.0 Å². The quantitative estimate of drug-likeness (QED) is 0.474. The van der Waals surface area contributed by atoms with Crippen LogP contribution in [0.2, 0.25) is 0 Å². The first-order valence-corrected chi connectivity index (χ1v) is 10.1. The smallest absolute Gasteiger partial charge is 0.255 e. The van der Waals surface area contributed by atoms with E-state index < -0.39 is 0 Å². The zero-order valence-electron chi connectivity index (χ0n) is 17.2. The van der Waals surface area contributed by atoms with Gasteiger partial charge in [-0.25, -0.2) is 4.68 Å². The van der Waals surface area contributed by atoms with Crippen LogP contribution < -0.4 is 5.32 Å². The summed E-state index contributed by atoms with van der Waals surface area (Å²) >= 11 is 0. The Hall–Kier alpha value is -3.67. The van der Waals surface area contributed by atoms with E-state index in [1.807, 2.05) is 79.2 Å². The monoisotopic (exact) mass is 399 g/mol. The van der Waals surface area contributed by atoms with Crippen molar-refractivity contribution in [3.8, 4) is 16.9 Å². The first-order valence-electron chi connectivity index (χ1n) is 10.1. The van der Waals surface area contributed by atoms with Crippen molar-refractivity contribution < 1.29 is 4.79 Å². The van der Waals surface area contributed by atoms with Crippen molar-refractivity contribution in [1.82, 2.24) is 24.9 Å². The molecule has 0 saturated carbocycles. The lowest BCUT2D eigenvalue weighted by Gasteiger charge is -2.07. The Morgan fingerprint density at radius 1 is 0.967 bits per heavy atom. The van der Waals surface area contributed by atoms with Crippen LogP contribution in [0.5, 0.6) is 0 Å². The molecule has 1 amide bonds. The largest absolute Gasteiger partial charge is 0.352 e. The van der Waals surface area contributed by atoms with E-state index in [0.29, 0.717) is 17.8 Å². The van der Waals surface area contributed by atoms with Crippen LogP contribution in [0.4, 0.5) is 0 Å². The van der Waals surface area contributed by atoms with Crippen molar-refractivity contribution in [3.05, 3.63) is 89.9 Å². The van der Waals surface area contributed by atoms with Gasteiger partial charge >= 0.3 is 0 Å². The second-order valence-corrected chi connectivity index (χ2v) is 7.30. The third-order valence-corrected chi connectivity index (χ3v) is 4.96. The maximum Gasteiger partial charge on any atom is 0.255 e. The van der Waals surface area contributed by atoms with E-state index in [4.69, 9.17) is 5.10 Å². The second kappa shape index (κ2) is 8.78. The van der Waals surface area contributed by atoms with Gasteiger partial charge in [0.15, 0.2) is 0 Å². The standard InChI is InChI=1S/C24H25N5O/c1-18-16-19(2)28(26-18)15-9-14-25-24(30)22-17-29(21-12-7-4-8-13-21)27-23(22)20-10-5-3-6-11-20/h3-8,10-13,16-17H,9,14-15H2,1-2H3,(H,25,30). The molecule has 2 heterocycles. The van der Waals surface area contributed by atoms with Gasteiger partial charge in [-0.3, -0.25) is 9.48 Å². The third-order valence-electron chi connectivity index (χ3n) is 4.96. The predicted octanol–water partition coefficient (Wildman–Crippen LogP) is 4.17. The maximum absolute atomic E-state index is 13.0. The first-order chi connectivity index (χ1) is 14.6. The molecule has 0 bridgehead atoms. The SMILES string of the molecule is Cc1cc(C)n(CCCNC(=O)c2cn(-c3ccccc3)nc2-c2ccccc2)n1. The maximum atomic E-state index is 13.0. The van der Waals surface area contributed by atoms with E-state index in [9.17, 15) is 4.79 Å². The van der Waals surface area contributed by atoms with E-state index in [-0.39, 0.29) is 5.91 Å². The highest BCUT2D eigenvalue weighted by Gasteiger charge is 2.18. The molecular weight excluding hydrogens is 374 g/mol. The molecule has 0 fully saturated rings. The number of hydrogen-bond donors (Lipinski definition) is 1. The van der Waals surface area contributed by atoms with Crippen molar-refractivity contribution in [2.75, 3.05) is 6.54 Å². The van der Waals surface area contributed by atoms with Crippen molar-refractivity contribution in [3.63, 3.8) is 0 Å². The fourth-order valence-corrected chi connectivity index (χ4v) is 3.49. The Balaban J connectivity index is 1.51. The summed E-state index contributed by atoms with van der Waals surface area (Å²) in [6.07, 6.45) is 2.61. The van der Waals surface area contributed by atoms with Gasteiger partial charge in [-0.15, -0.1) is 0 Å². The van der Waals surface area contributed by atoms with E-state index >= 15 is 0 Å². The lowest BCUT2D eigenvalue weighted by Crippen LogP contribution is -2.25. The number of aryl methyl sites for hydroxylation is 3. The molecular formula is C24H25N5O. The van der Waals surface area contributed by atoms with Crippen LogP contribution in [0.15, 0.2) is 72.9 Å². The highest BCUT2D eigenvalue weighted by atomic mass is 16.1. The van der Waals surface area contributed by atoms with Crippen molar-refractivity contribution >= 4 is 5.91 Å². The van der Waals surface area contributed by atoms with Gasteiger partial charge in [0.1, 0.15) is 5.69 Å². The van der Waals surface area contributed by atoms with Gasteiger partial charge < -0.3 is 5.32 Å². The van der Waals surface area contributed by atoms with Crippen molar-refractivity contribution in [1.29, 1.82) is 0 Å². The summed E-state index contributed by atoms with van der Waals surface area (Å²) in [4.78, 5) is 13.0. The molecule has 6 nitrogen and oxygen atoms in total.